The van der Waals surface area contributed by atoms with Gasteiger partial charge in [0.25, 0.3) is 0 Å². The number of fused-ring (bicyclic) bond motifs is 3. The Balaban J connectivity index is 1.36. The first-order chi connectivity index (χ1) is 23.4. The van der Waals surface area contributed by atoms with E-state index in [-0.39, 0.29) is 11.5 Å². The SMILES string of the molecule is Fc1c(F)c(F)c(N(c2ccccc2)c2ccc(-c3c4ccccc4c(-c4cccc5ccccc45)c4ccccc34)cn2)c(F)c1F. The molecular formula is C41H23F5N2. The molecule has 7 heteroatoms. The predicted molar refractivity (Wildman–Crippen MR) is 182 cm³/mol. The second kappa shape index (κ2) is 11.6. The fraction of sp³-hybridized carbons (Fsp3) is 0. The van der Waals surface area contributed by atoms with Gasteiger partial charge in [-0.1, -0.05) is 109 Å². The van der Waals surface area contributed by atoms with E-state index in [1.165, 1.54) is 18.2 Å². The third-order valence-corrected chi connectivity index (χ3v) is 8.68. The van der Waals surface area contributed by atoms with Crippen LogP contribution in [0.5, 0.6) is 0 Å². The molecule has 0 aliphatic heterocycles. The number of para-hydroxylation sites is 1. The van der Waals surface area contributed by atoms with Crippen LogP contribution in [0.25, 0.3) is 54.6 Å². The smallest absolute Gasteiger partial charge is 0.200 e. The first kappa shape index (κ1) is 29.3. The molecule has 0 saturated heterocycles. The van der Waals surface area contributed by atoms with Gasteiger partial charge in [0.1, 0.15) is 11.5 Å². The minimum Gasteiger partial charge on any atom is -0.289 e. The highest BCUT2D eigenvalue weighted by Gasteiger charge is 2.31. The average molecular weight is 639 g/mol. The summed E-state index contributed by atoms with van der Waals surface area (Å²) in [6.07, 6.45) is 1.56. The molecule has 232 valence electrons. The summed E-state index contributed by atoms with van der Waals surface area (Å²) in [7, 11) is 0. The van der Waals surface area contributed by atoms with E-state index in [1.807, 2.05) is 48.5 Å². The summed E-state index contributed by atoms with van der Waals surface area (Å²) in [5.41, 5.74) is 2.84. The Labute approximate surface area is 272 Å². The number of benzene rings is 7. The molecule has 0 bridgehead atoms. The van der Waals surface area contributed by atoms with E-state index < -0.39 is 34.8 Å². The molecule has 0 spiro atoms. The van der Waals surface area contributed by atoms with Gasteiger partial charge in [0, 0.05) is 17.4 Å². The molecule has 48 heavy (non-hydrogen) atoms. The second-order valence-corrected chi connectivity index (χ2v) is 11.4. The van der Waals surface area contributed by atoms with E-state index in [0.29, 0.717) is 5.56 Å². The number of anilines is 3. The van der Waals surface area contributed by atoms with Crippen LogP contribution >= 0.6 is 0 Å². The summed E-state index contributed by atoms with van der Waals surface area (Å²) < 4.78 is 73.2. The van der Waals surface area contributed by atoms with Crippen molar-refractivity contribution in [1.82, 2.24) is 4.98 Å². The second-order valence-electron chi connectivity index (χ2n) is 11.4. The summed E-state index contributed by atoms with van der Waals surface area (Å²) >= 11 is 0. The summed E-state index contributed by atoms with van der Waals surface area (Å²) in [6, 6.07) is 41.9. The summed E-state index contributed by atoms with van der Waals surface area (Å²) in [6.45, 7) is 0. The fourth-order valence-corrected chi connectivity index (χ4v) is 6.58. The topological polar surface area (TPSA) is 16.1 Å². The zero-order valence-corrected chi connectivity index (χ0v) is 25.1. The molecule has 0 atom stereocenters. The van der Waals surface area contributed by atoms with Gasteiger partial charge < -0.3 is 0 Å². The van der Waals surface area contributed by atoms with Crippen molar-refractivity contribution < 1.29 is 22.0 Å². The zero-order chi connectivity index (χ0) is 32.9. The van der Waals surface area contributed by atoms with E-state index in [4.69, 9.17) is 0 Å². The van der Waals surface area contributed by atoms with Gasteiger partial charge in [0.05, 0.1) is 0 Å². The molecule has 7 aromatic carbocycles. The quantitative estimate of drug-likeness (QED) is 0.0807. The highest BCUT2D eigenvalue weighted by molar-refractivity contribution is 6.23. The molecule has 0 amide bonds. The number of nitrogens with zero attached hydrogens (tertiary/aromatic N) is 2. The lowest BCUT2D eigenvalue weighted by molar-refractivity contribution is 0.380. The highest BCUT2D eigenvalue weighted by Crippen LogP contribution is 2.46. The monoisotopic (exact) mass is 638 g/mol. The number of pyridine rings is 1. The lowest BCUT2D eigenvalue weighted by Crippen LogP contribution is -2.18. The van der Waals surface area contributed by atoms with Crippen LogP contribution in [0.15, 0.2) is 140 Å². The van der Waals surface area contributed by atoms with Crippen LogP contribution in [-0.2, 0) is 0 Å². The van der Waals surface area contributed by atoms with Crippen LogP contribution in [0.1, 0.15) is 0 Å². The molecule has 2 nitrogen and oxygen atoms in total. The van der Waals surface area contributed by atoms with Gasteiger partial charge >= 0.3 is 0 Å². The number of hydrogen-bond donors (Lipinski definition) is 0. The molecule has 0 aliphatic carbocycles. The van der Waals surface area contributed by atoms with Gasteiger partial charge in [-0.25, -0.2) is 26.9 Å². The molecule has 8 aromatic rings. The molecule has 0 fully saturated rings. The molecular weight excluding hydrogens is 615 g/mol. The van der Waals surface area contributed by atoms with Gasteiger partial charge in [0.15, 0.2) is 23.3 Å². The van der Waals surface area contributed by atoms with Crippen molar-refractivity contribution in [3.63, 3.8) is 0 Å². The number of halogens is 5. The van der Waals surface area contributed by atoms with Crippen molar-refractivity contribution in [3.8, 4) is 22.3 Å². The third-order valence-electron chi connectivity index (χ3n) is 8.68. The Morgan fingerprint density at radius 1 is 0.417 bits per heavy atom. The molecule has 0 unspecified atom stereocenters. The Kier molecular flexibility index (Phi) is 7.10. The number of hydrogen-bond acceptors (Lipinski definition) is 2. The van der Waals surface area contributed by atoms with Crippen LogP contribution in [0, 0.1) is 29.1 Å². The Morgan fingerprint density at radius 3 is 1.50 bits per heavy atom. The minimum absolute atomic E-state index is 0.0332. The molecule has 0 N–H and O–H groups in total. The van der Waals surface area contributed by atoms with Crippen LogP contribution in [0.4, 0.5) is 39.1 Å². The summed E-state index contributed by atoms with van der Waals surface area (Å²) in [4.78, 5) is 5.49. The van der Waals surface area contributed by atoms with Gasteiger partial charge in [0.2, 0.25) is 5.82 Å². The van der Waals surface area contributed by atoms with Crippen LogP contribution in [0.2, 0.25) is 0 Å². The molecule has 0 radical (unpaired) electrons. The summed E-state index contributed by atoms with van der Waals surface area (Å²) in [5.74, 6) is -10.2. The van der Waals surface area contributed by atoms with Crippen molar-refractivity contribution in [2.24, 2.45) is 0 Å². The zero-order valence-electron chi connectivity index (χ0n) is 25.1. The molecule has 0 aliphatic rings. The predicted octanol–water partition coefficient (Wildman–Crippen LogP) is 12.0. The maximum atomic E-state index is 15.2. The van der Waals surface area contributed by atoms with Crippen LogP contribution in [0.3, 0.4) is 0 Å². The molecule has 1 aromatic heterocycles. The first-order valence-corrected chi connectivity index (χ1v) is 15.2. The van der Waals surface area contributed by atoms with E-state index in [9.17, 15) is 13.2 Å². The Hall–Kier alpha value is -6.08. The van der Waals surface area contributed by atoms with E-state index in [0.717, 1.165) is 53.9 Å². The Morgan fingerprint density at radius 2 is 0.917 bits per heavy atom. The average Bonchev–Trinajstić information content (AvgIpc) is 3.14. The fourth-order valence-electron chi connectivity index (χ4n) is 6.58. The summed E-state index contributed by atoms with van der Waals surface area (Å²) in [5, 5.41) is 6.24. The first-order valence-electron chi connectivity index (χ1n) is 15.2. The van der Waals surface area contributed by atoms with E-state index >= 15 is 8.78 Å². The van der Waals surface area contributed by atoms with Crippen molar-refractivity contribution in [2.45, 2.75) is 0 Å². The normalized spacial score (nSPS) is 11.4. The maximum Gasteiger partial charge on any atom is 0.200 e. The van der Waals surface area contributed by atoms with Crippen molar-refractivity contribution >= 4 is 49.5 Å². The number of aromatic nitrogens is 1. The van der Waals surface area contributed by atoms with Crippen molar-refractivity contribution in [1.29, 1.82) is 0 Å². The molecule has 8 rings (SSSR count). The van der Waals surface area contributed by atoms with Gasteiger partial charge in [-0.15, -0.1) is 0 Å². The minimum atomic E-state index is -2.23. The van der Waals surface area contributed by atoms with Crippen molar-refractivity contribution in [2.75, 3.05) is 4.90 Å². The maximum absolute atomic E-state index is 15.2. The van der Waals surface area contributed by atoms with Crippen molar-refractivity contribution in [3.05, 3.63) is 169 Å². The lowest BCUT2D eigenvalue weighted by Gasteiger charge is -2.25. The van der Waals surface area contributed by atoms with Gasteiger partial charge in [-0.2, -0.15) is 0 Å². The van der Waals surface area contributed by atoms with Gasteiger partial charge in [-0.05, 0) is 73.3 Å². The number of rotatable bonds is 5. The van der Waals surface area contributed by atoms with Crippen LogP contribution in [-0.4, -0.2) is 4.98 Å². The van der Waals surface area contributed by atoms with E-state index in [1.54, 1.807) is 30.5 Å². The lowest BCUT2D eigenvalue weighted by atomic mass is 9.85. The molecule has 1 heterocycles. The standard InChI is InChI=1S/C41H23F5N2/c42-36-37(43)39(45)41(40(46)38(36)44)48(26-13-2-1-3-14-26)33-22-21-25(23-47-33)34-29-16-6-8-18-31(29)35(32-19-9-7-17-30(32)34)28-20-10-12-24-11-4-5-15-27(24)28/h1-23H. The van der Waals surface area contributed by atoms with Gasteiger partial charge in [-0.3, -0.25) is 4.90 Å². The Bertz CT molecular complexity index is 2420. The highest BCUT2D eigenvalue weighted by atomic mass is 19.2. The molecule has 0 saturated carbocycles. The van der Waals surface area contributed by atoms with E-state index in [2.05, 4.69) is 47.4 Å². The third kappa shape index (κ3) is 4.58. The van der Waals surface area contributed by atoms with Crippen LogP contribution < -0.4 is 4.90 Å². The largest absolute Gasteiger partial charge is 0.289 e.